The van der Waals surface area contributed by atoms with Gasteiger partial charge in [0, 0.05) is 22.8 Å². The van der Waals surface area contributed by atoms with Crippen molar-refractivity contribution in [1.82, 2.24) is 15.8 Å². The van der Waals surface area contributed by atoms with Gasteiger partial charge in [0.1, 0.15) is 5.76 Å². The van der Waals surface area contributed by atoms with E-state index in [0.29, 0.717) is 5.92 Å². The van der Waals surface area contributed by atoms with Gasteiger partial charge in [0.15, 0.2) is 0 Å². The lowest BCUT2D eigenvalue weighted by Crippen LogP contribution is -2.33. The second-order valence-corrected chi connectivity index (χ2v) is 7.86. The number of thioether (sulfide) groups is 1. The Hall–Kier alpha value is -1.50. The number of carbonyl (C=O) groups is 1. The van der Waals surface area contributed by atoms with Crippen LogP contribution in [0.4, 0.5) is 0 Å². The average molecular weight is 410 g/mol. The Labute approximate surface area is 171 Å². The highest BCUT2D eigenvalue weighted by Crippen LogP contribution is 2.28. The predicted molar refractivity (Wildman–Crippen MR) is 112 cm³/mol. The van der Waals surface area contributed by atoms with Crippen LogP contribution in [0.15, 0.2) is 33.7 Å². The second-order valence-electron chi connectivity index (χ2n) is 6.84. The summed E-state index contributed by atoms with van der Waals surface area (Å²) in [5.41, 5.74) is 2.76. The van der Waals surface area contributed by atoms with Crippen molar-refractivity contribution in [3.05, 3.63) is 46.8 Å². The van der Waals surface area contributed by atoms with Crippen LogP contribution in [0.3, 0.4) is 0 Å². The fourth-order valence-electron chi connectivity index (χ4n) is 3.29. The lowest BCUT2D eigenvalue weighted by Gasteiger charge is -2.22. The third-order valence-corrected chi connectivity index (χ3v) is 6.02. The van der Waals surface area contributed by atoms with Crippen molar-refractivity contribution in [3.63, 3.8) is 0 Å². The minimum absolute atomic E-state index is 0. The van der Waals surface area contributed by atoms with Crippen LogP contribution in [0.2, 0.25) is 0 Å². The van der Waals surface area contributed by atoms with Crippen molar-refractivity contribution < 1.29 is 9.32 Å². The first kappa shape index (κ1) is 21.8. The number of aryl methyl sites for hydroxylation is 2. The van der Waals surface area contributed by atoms with E-state index in [4.69, 9.17) is 4.52 Å². The molecule has 0 aliphatic carbocycles. The molecular formula is C20H28ClN3O2S. The molecule has 7 heteroatoms. The zero-order valence-electron chi connectivity index (χ0n) is 15.9. The number of piperidine rings is 1. The van der Waals surface area contributed by atoms with E-state index in [9.17, 15) is 4.79 Å². The zero-order valence-corrected chi connectivity index (χ0v) is 17.5. The van der Waals surface area contributed by atoms with E-state index in [1.165, 1.54) is 12.8 Å². The van der Waals surface area contributed by atoms with Crippen molar-refractivity contribution in [2.45, 2.75) is 43.8 Å². The summed E-state index contributed by atoms with van der Waals surface area (Å²) in [6, 6.07) is 7.79. The number of halogens is 1. The van der Waals surface area contributed by atoms with Gasteiger partial charge in [-0.25, -0.2) is 0 Å². The number of hydrogen-bond acceptors (Lipinski definition) is 5. The van der Waals surface area contributed by atoms with Crippen LogP contribution >= 0.6 is 24.2 Å². The maximum Gasteiger partial charge on any atom is 0.252 e. The monoisotopic (exact) mass is 409 g/mol. The van der Waals surface area contributed by atoms with Crippen LogP contribution in [-0.2, 0) is 5.75 Å². The first-order valence-electron chi connectivity index (χ1n) is 9.27. The molecule has 0 radical (unpaired) electrons. The van der Waals surface area contributed by atoms with Crippen LogP contribution in [0.25, 0.3) is 0 Å². The van der Waals surface area contributed by atoms with E-state index in [1.54, 1.807) is 11.8 Å². The molecular weight excluding hydrogens is 382 g/mol. The summed E-state index contributed by atoms with van der Waals surface area (Å²) in [6.45, 7) is 6.80. The van der Waals surface area contributed by atoms with Gasteiger partial charge in [0.2, 0.25) is 0 Å². The topological polar surface area (TPSA) is 67.2 Å². The van der Waals surface area contributed by atoms with E-state index < -0.39 is 0 Å². The summed E-state index contributed by atoms with van der Waals surface area (Å²) in [5.74, 6) is 2.28. The number of nitrogens with zero attached hydrogens (tertiary/aromatic N) is 1. The van der Waals surface area contributed by atoms with Crippen LogP contribution in [0.1, 0.15) is 46.6 Å². The first-order valence-corrected chi connectivity index (χ1v) is 10.3. The number of benzene rings is 1. The minimum atomic E-state index is 0. The van der Waals surface area contributed by atoms with E-state index in [1.807, 2.05) is 38.1 Å². The maximum atomic E-state index is 12.6. The smallest absolute Gasteiger partial charge is 0.252 e. The number of nitrogens with one attached hydrogen (secondary N) is 2. The summed E-state index contributed by atoms with van der Waals surface area (Å²) in [4.78, 5) is 13.6. The van der Waals surface area contributed by atoms with Crippen molar-refractivity contribution in [1.29, 1.82) is 0 Å². The molecule has 5 nitrogen and oxygen atoms in total. The molecule has 1 aliphatic heterocycles. The largest absolute Gasteiger partial charge is 0.361 e. The Morgan fingerprint density at radius 3 is 2.89 bits per heavy atom. The zero-order chi connectivity index (χ0) is 18.4. The van der Waals surface area contributed by atoms with Gasteiger partial charge in [0.05, 0.1) is 11.3 Å². The molecule has 0 bridgehead atoms. The third-order valence-electron chi connectivity index (χ3n) is 4.92. The van der Waals surface area contributed by atoms with E-state index in [0.717, 1.165) is 59.3 Å². The van der Waals surface area contributed by atoms with E-state index >= 15 is 0 Å². The van der Waals surface area contributed by atoms with Gasteiger partial charge in [0.25, 0.3) is 5.91 Å². The number of amides is 1. The Bertz CT molecular complexity index is 725. The molecule has 2 aromatic rings. The van der Waals surface area contributed by atoms with Gasteiger partial charge in [-0.2, -0.15) is 0 Å². The third kappa shape index (κ3) is 5.99. The molecule has 2 N–H and O–H groups in total. The molecule has 2 heterocycles. The van der Waals surface area contributed by atoms with Gasteiger partial charge < -0.3 is 15.2 Å². The van der Waals surface area contributed by atoms with Crippen LogP contribution in [0, 0.1) is 19.8 Å². The lowest BCUT2D eigenvalue weighted by molar-refractivity contribution is 0.0947. The molecule has 1 atom stereocenters. The van der Waals surface area contributed by atoms with Gasteiger partial charge in [-0.3, -0.25) is 4.79 Å². The first-order chi connectivity index (χ1) is 12.6. The lowest BCUT2D eigenvalue weighted by atomic mass is 9.96. The van der Waals surface area contributed by atoms with Crippen molar-refractivity contribution in [2.24, 2.45) is 5.92 Å². The molecule has 1 aromatic heterocycles. The molecule has 3 rings (SSSR count). The Kier molecular flexibility index (Phi) is 8.67. The molecule has 148 valence electrons. The fraction of sp³-hybridized carbons (Fsp3) is 0.500. The number of aromatic nitrogens is 1. The molecule has 1 unspecified atom stereocenters. The second kappa shape index (κ2) is 10.7. The average Bonchev–Trinajstić information content (AvgIpc) is 2.99. The molecule has 1 amide bonds. The van der Waals surface area contributed by atoms with Crippen LogP contribution < -0.4 is 10.6 Å². The summed E-state index contributed by atoms with van der Waals surface area (Å²) < 4.78 is 5.22. The van der Waals surface area contributed by atoms with Gasteiger partial charge in [-0.15, -0.1) is 24.2 Å². The molecule has 0 spiro atoms. The quantitative estimate of drug-likeness (QED) is 0.673. The fourth-order valence-corrected chi connectivity index (χ4v) is 4.50. The minimum Gasteiger partial charge on any atom is -0.361 e. The van der Waals surface area contributed by atoms with E-state index in [2.05, 4.69) is 15.8 Å². The Morgan fingerprint density at radius 1 is 1.37 bits per heavy atom. The maximum absolute atomic E-state index is 12.6. The molecule has 1 aromatic carbocycles. The van der Waals surface area contributed by atoms with E-state index in [-0.39, 0.29) is 18.3 Å². The highest BCUT2D eigenvalue weighted by atomic mass is 35.5. The summed E-state index contributed by atoms with van der Waals surface area (Å²) in [7, 11) is 0. The number of rotatable bonds is 7. The summed E-state index contributed by atoms with van der Waals surface area (Å²) in [5, 5.41) is 10.5. The molecule has 0 saturated carbocycles. The van der Waals surface area contributed by atoms with Crippen molar-refractivity contribution >= 4 is 30.1 Å². The predicted octanol–water partition coefficient (Wildman–Crippen LogP) is 4.13. The van der Waals surface area contributed by atoms with Crippen molar-refractivity contribution in [2.75, 3.05) is 19.6 Å². The molecule has 1 aliphatic rings. The van der Waals surface area contributed by atoms with Crippen molar-refractivity contribution in [3.8, 4) is 0 Å². The van der Waals surface area contributed by atoms with Gasteiger partial charge in [-0.1, -0.05) is 17.3 Å². The molecule has 27 heavy (non-hydrogen) atoms. The molecule has 1 fully saturated rings. The highest BCUT2D eigenvalue weighted by molar-refractivity contribution is 7.98. The summed E-state index contributed by atoms with van der Waals surface area (Å²) in [6.07, 6.45) is 3.53. The SMILES string of the molecule is Cc1noc(C)c1CSc1ccccc1C(=O)NCCC1CCCNC1.Cl. The van der Waals surface area contributed by atoms with Gasteiger partial charge in [-0.05, 0) is 64.3 Å². The highest BCUT2D eigenvalue weighted by Gasteiger charge is 2.16. The number of carbonyl (C=O) groups excluding carboxylic acids is 1. The molecule has 1 saturated heterocycles. The van der Waals surface area contributed by atoms with Crippen LogP contribution in [-0.4, -0.2) is 30.7 Å². The number of hydrogen-bond donors (Lipinski definition) is 2. The standard InChI is InChI=1S/C20H27N3O2S.ClH/c1-14-18(15(2)25-23-14)13-26-19-8-4-3-7-17(19)20(24)22-11-9-16-6-5-10-21-12-16;/h3-4,7-8,16,21H,5-6,9-13H2,1-2H3,(H,22,24);1H. The Balaban J connectivity index is 0.00000261. The normalized spacial score (nSPS) is 16.6. The summed E-state index contributed by atoms with van der Waals surface area (Å²) >= 11 is 1.65. The van der Waals surface area contributed by atoms with Crippen LogP contribution in [0.5, 0.6) is 0 Å². The Morgan fingerprint density at radius 2 is 2.19 bits per heavy atom. The van der Waals surface area contributed by atoms with Gasteiger partial charge >= 0.3 is 0 Å².